The lowest BCUT2D eigenvalue weighted by Gasteiger charge is -2.00. The zero-order valence-corrected chi connectivity index (χ0v) is 8.30. The fourth-order valence-corrected chi connectivity index (χ4v) is 1.65. The fraction of sp³-hybridized carbons (Fsp3) is 0. The first kappa shape index (κ1) is 9.14. The molecule has 0 aliphatic heterocycles. The number of rotatable bonds is 1. The summed E-state index contributed by atoms with van der Waals surface area (Å²) < 4.78 is 13.5. The van der Waals surface area contributed by atoms with Crippen LogP contribution in [0.15, 0.2) is 16.9 Å². The first-order valence-electron chi connectivity index (χ1n) is 3.65. The Bertz CT molecular complexity index is 523. The van der Waals surface area contributed by atoms with Crippen molar-refractivity contribution in [1.29, 1.82) is 0 Å². The molecule has 1 heterocycles. The SMILES string of the molecule is O=C(O)c1c(F)c(Br)cc2[nH]cnc12. The van der Waals surface area contributed by atoms with Gasteiger partial charge in [0, 0.05) is 0 Å². The fourth-order valence-electron chi connectivity index (χ4n) is 1.22. The van der Waals surface area contributed by atoms with Crippen LogP contribution in [0, 0.1) is 5.82 Å². The van der Waals surface area contributed by atoms with Crippen LogP contribution in [0.25, 0.3) is 11.0 Å². The summed E-state index contributed by atoms with van der Waals surface area (Å²) in [5.74, 6) is -2.14. The Balaban J connectivity index is 2.93. The normalized spacial score (nSPS) is 10.7. The molecule has 0 spiro atoms. The molecule has 4 nitrogen and oxygen atoms in total. The number of H-pyrrole nitrogens is 1. The third-order valence-corrected chi connectivity index (χ3v) is 2.40. The molecule has 2 aromatic rings. The van der Waals surface area contributed by atoms with E-state index in [9.17, 15) is 9.18 Å². The van der Waals surface area contributed by atoms with Crippen LogP contribution in [0.5, 0.6) is 0 Å². The average molecular weight is 259 g/mol. The van der Waals surface area contributed by atoms with E-state index in [4.69, 9.17) is 5.11 Å². The van der Waals surface area contributed by atoms with Crippen molar-refractivity contribution in [3.63, 3.8) is 0 Å². The molecule has 0 aliphatic rings. The van der Waals surface area contributed by atoms with Crippen LogP contribution in [0.1, 0.15) is 10.4 Å². The molecule has 0 atom stereocenters. The van der Waals surface area contributed by atoms with E-state index in [0.29, 0.717) is 5.52 Å². The minimum absolute atomic E-state index is 0.103. The van der Waals surface area contributed by atoms with Gasteiger partial charge < -0.3 is 10.1 Å². The number of carboxylic acid groups (broad SMARTS) is 1. The van der Waals surface area contributed by atoms with Crippen molar-refractivity contribution in [3.8, 4) is 0 Å². The molecule has 0 bridgehead atoms. The van der Waals surface area contributed by atoms with Crippen molar-refractivity contribution in [2.24, 2.45) is 0 Å². The van der Waals surface area contributed by atoms with Crippen LogP contribution >= 0.6 is 15.9 Å². The number of aromatic amines is 1. The molecule has 0 fully saturated rings. The predicted octanol–water partition coefficient (Wildman–Crippen LogP) is 2.16. The summed E-state index contributed by atoms with van der Waals surface area (Å²) in [5.41, 5.74) is 0.185. The van der Waals surface area contributed by atoms with Gasteiger partial charge in [-0.05, 0) is 22.0 Å². The Kier molecular flexibility index (Phi) is 1.99. The first-order valence-corrected chi connectivity index (χ1v) is 4.45. The third kappa shape index (κ3) is 1.19. The Morgan fingerprint density at radius 3 is 3.00 bits per heavy atom. The smallest absolute Gasteiger partial charge is 0.341 e. The quantitative estimate of drug-likeness (QED) is 0.824. The third-order valence-electron chi connectivity index (χ3n) is 1.82. The monoisotopic (exact) mass is 258 g/mol. The number of hydrogen-bond acceptors (Lipinski definition) is 2. The molecule has 1 aromatic heterocycles. The van der Waals surface area contributed by atoms with Gasteiger partial charge in [-0.15, -0.1) is 0 Å². The summed E-state index contributed by atoms with van der Waals surface area (Å²) in [7, 11) is 0. The van der Waals surface area contributed by atoms with Crippen LogP contribution < -0.4 is 0 Å². The molecule has 0 unspecified atom stereocenters. The van der Waals surface area contributed by atoms with Crippen molar-refractivity contribution in [2.45, 2.75) is 0 Å². The van der Waals surface area contributed by atoms with Gasteiger partial charge >= 0.3 is 5.97 Å². The minimum atomic E-state index is -1.33. The number of aromatic carboxylic acids is 1. The number of fused-ring (bicyclic) bond motifs is 1. The highest BCUT2D eigenvalue weighted by atomic mass is 79.9. The van der Waals surface area contributed by atoms with E-state index in [0.717, 1.165) is 0 Å². The molecule has 72 valence electrons. The van der Waals surface area contributed by atoms with Crippen molar-refractivity contribution in [3.05, 3.63) is 28.2 Å². The second-order valence-electron chi connectivity index (χ2n) is 2.65. The van der Waals surface area contributed by atoms with Crippen LogP contribution in [0.4, 0.5) is 4.39 Å². The van der Waals surface area contributed by atoms with Crippen molar-refractivity contribution in [2.75, 3.05) is 0 Å². The van der Waals surface area contributed by atoms with E-state index in [1.807, 2.05) is 0 Å². The summed E-state index contributed by atoms with van der Waals surface area (Å²) in [6.07, 6.45) is 1.32. The van der Waals surface area contributed by atoms with E-state index in [1.54, 1.807) is 0 Å². The molecule has 0 radical (unpaired) electrons. The Hall–Kier alpha value is -1.43. The van der Waals surface area contributed by atoms with Gasteiger partial charge in [-0.3, -0.25) is 0 Å². The number of imidazole rings is 1. The zero-order valence-electron chi connectivity index (χ0n) is 6.71. The average Bonchev–Trinajstić information content (AvgIpc) is 2.52. The van der Waals surface area contributed by atoms with Gasteiger partial charge in [0.15, 0.2) is 5.82 Å². The lowest BCUT2D eigenvalue weighted by molar-refractivity contribution is 0.0694. The highest BCUT2D eigenvalue weighted by molar-refractivity contribution is 9.10. The molecular weight excluding hydrogens is 255 g/mol. The maximum Gasteiger partial charge on any atom is 0.341 e. The largest absolute Gasteiger partial charge is 0.478 e. The summed E-state index contributed by atoms with van der Waals surface area (Å²) in [4.78, 5) is 17.2. The molecule has 2 N–H and O–H groups in total. The number of halogens is 2. The summed E-state index contributed by atoms with van der Waals surface area (Å²) in [6, 6.07) is 1.45. The summed E-state index contributed by atoms with van der Waals surface area (Å²) in [5, 5.41) is 8.79. The van der Waals surface area contributed by atoms with Gasteiger partial charge in [-0.25, -0.2) is 14.2 Å². The summed E-state index contributed by atoms with van der Waals surface area (Å²) in [6.45, 7) is 0. The van der Waals surface area contributed by atoms with E-state index < -0.39 is 17.3 Å². The van der Waals surface area contributed by atoms with E-state index >= 15 is 0 Å². The standard InChI is InChI=1S/C8H4BrFN2O2/c9-3-1-4-7(12-2-11-4)5(6(3)10)8(13)14/h1-2H,(H,11,12)(H,13,14). The van der Waals surface area contributed by atoms with Crippen LogP contribution in [0.2, 0.25) is 0 Å². The van der Waals surface area contributed by atoms with Gasteiger partial charge in [0.2, 0.25) is 0 Å². The number of carbonyl (C=O) groups is 1. The molecule has 0 aliphatic carbocycles. The molecular formula is C8H4BrFN2O2. The first-order chi connectivity index (χ1) is 6.61. The van der Waals surface area contributed by atoms with Crippen molar-refractivity contribution < 1.29 is 14.3 Å². The molecule has 2 rings (SSSR count). The van der Waals surface area contributed by atoms with Crippen LogP contribution in [-0.4, -0.2) is 21.0 Å². The van der Waals surface area contributed by atoms with Gasteiger partial charge in [-0.1, -0.05) is 0 Å². The number of hydrogen-bond donors (Lipinski definition) is 2. The Morgan fingerprint density at radius 2 is 2.36 bits per heavy atom. The van der Waals surface area contributed by atoms with Gasteiger partial charge in [-0.2, -0.15) is 0 Å². The van der Waals surface area contributed by atoms with E-state index in [1.165, 1.54) is 12.4 Å². The maximum atomic E-state index is 13.4. The summed E-state index contributed by atoms with van der Waals surface area (Å²) >= 11 is 2.93. The molecule has 14 heavy (non-hydrogen) atoms. The Morgan fingerprint density at radius 1 is 1.64 bits per heavy atom. The minimum Gasteiger partial charge on any atom is -0.478 e. The van der Waals surface area contributed by atoms with E-state index in [-0.39, 0.29) is 9.99 Å². The number of benzene rings is 1. The predicted molar refractivity (Wildman–Crippen MR) is 50.7 cm³/mol. The maximum absolute atomic E-state index is 13.4. The van der Waals surface area contributed by atoms with Gasteiger partial charge in [0.1, 0.15) is 11.1 Å². The van der Waals surface area contributed by atoms with Crippen molar-refractivity contribution >= 4 is 32.9 Å². The number of nitrogens with one attached hydrogen (secondary N) is 1. The van der Waals surface area contributed by atoms with Gasteiger partial charge in [0.25, 0.3) is 0 Å². The molecule has 0 saturated carbocycles. The number of nitrogens with zero attached hydrogens (tertiary/aromatic N) is 1. The highest BCUT2D eigenvalue weighted by Crippen LogP contribution is 2.26. The van der Waals surface area contributed by atoms with Crippen LogP contribution in [-0.2, 0) is 0 Å². The van der Waals surface area contributed by atoms with Gasteiger partial charge in [0.05, 0.1) is 16.3 Å². The number of carboxylic acids is 1. The molecule has 0 saturated heterocycles. The second kappa shape index (κ2) is 3.06. The topological polar surface area (TPSA) is 66.0 Å². The van der Waals surface area contributed by atoms with E-state index in [2.05, 4.69) is 25.9 Å². The lowest BCUT2D eigenvalue weighted by Crippen LogP contribution is -2.02. The lowest BCUT2D eigenvalue weighted by atomic mass is 10.2. The molecule has 1 aromatic carbocycles. The highest BCUT2D eigenvalue weighted by Gasteiger charge is 2.19. The number of aromatic nitrogens is 2. The van der Waals surface area contributed by atoms with Crippen molar-refractivity contribution in [1.82, 2.24) is 9.97 Å². The van der Waals surface area contributed by atoms with Crippen LogP contribution in [0.3, 0.4) is 0 Å². The Labute approximate surface area is 85.9 Å². The second-order valence-corrected chi connectivity index (χ2v) is 3.51. The molecule has 6 heteroatoms. The molecule has 0 amide bonds. The zero-order chi connectivity index (χ0) is 10.3.